The zero-order valence-corrected chi connectivity index (χ0v) is 13.1. The van der Waals surface area contributed by atoms with Crippen LogP contribution in [0, 0.1) is 0 Å². The Balaban J connectivity index is 1.97. The lowest BCUT2D eigenvalue weighted by molar-refractivity contribution is 0.176. The topological polar surface area (TPSA) is 70.9 Å². The molecule has 5 nitrogen and oxygen atoms in total. The molecule has 3 aromatic heterocycles. The second kappa shape index (κ2) is 7.15. The molecule has 3 rings (SSSR count). The number of pyridine rings is 3. The van der Waals surface area contributed by atoms with Crippen LogP contribution in [-0.2, 0) is 0 Å². The fourth-order valence-corrected chi connectivity index (χ4v) is 2.56. The molecule has 0 aliphatic rings. The minimum atomic E-state index is -0.352. The summed E-state index contributed by atoms with van der Waals surface area (Å²) < 4.78 is 0. The van der Waals surface area contributed by atoms with Gasteiger partial charge >= 0.3 is 0 Å². The molecule has 0 aliphatic carbocycles. The van der Waals surface area contributed by atoms with Gasteiger partial charge in [0.1, 0.15) is 0 Å². The highest BCUT2D eigenvalue weighted by Gasteiger charge is 2.09. The van der Waals surface area contributed by atoms with Gasteiger partial charge in [0.25, 0.3) is 0 Å². The number of aromatic nitrogens is 3. The van der Waals surface area contributed by atoms with Gasteiger partial charge in [-0.3, -0.25) is 9.97 Å². The summed E-state index contributed by atoms with van der Waals surface area (Å²) >= 11 is 0. The van der Waals surface area contributed by atoms with E-state index in [9.17, 15) is 5.11 Å². The molecular weight excluding hydrogens is 288 g/mol. The molecule has 0 aliphatic heterocycles. The predicted octanol–water partition coefficient (Wildman–Crippen LogP) is 3.26. The fourth-order valence-electron chi connectivity index (χ4n) is 2.56. The average Bonchev–Trinajstić information content (AvgIpc) is 2.60. The molecule has 0 bridgehead atoms. The van der Waals surface area contributed by atoms with Crippen molar-refractivity contribution in [1.29, 1.82) is 0 Å². The highest BCUT2D eigenvalue weighted by atomic mass is 16.3. The summed E-state index contributed by atoms with van der Waals surface area (Å²) in [5, 5.41) is 14.3. The van der Waals surface area contributed by atoms with Gasteiger partial charge in [0.05, 0.1) is 23.5 Å². The molecule has 0 fully saturated rings. The molecule has 1 unspecified atom stereocenters. The second-order valence-corrected chi connectivity index (χ2v) is 5.51. The van der Waals surface area contributed by atoms with Crippen LogP contribution in [0.2, 0.25) is 0 Å². The van der Waals surface area contributed by atoms with Gasteiger partial charge in [-0.05, 0) is 30.7 Å². The summed E-state index contributed by atoms with van der Waals surface area (Å²) in [6.07, 6.45) is 8.41. The Bertz CT molecular complexity index is 776. The SMILES string of the molecule is CCCC(O)CNc1cc(-c2ccncc2)nc2cnccc12. The largest absolute Gasteiger partial charge is 0.391 e. The van der Waals surface area contributed by atoms with E-state index in [4.69, 9.17) is 0 Å². The quantitative estimate of drug-likeness (QED) is 0.731. The Morgan fingerprint density at radius 1 is 1.13 bits per heavy atom. The Labute approximate surface area is 135 Å². The van der Waals surface area contributed by atoms with Gasteiger partial charge in [-0.25, -0.2) is 4.98 Å². The van der Waals surface area contributed by atoms with Gasteiger partial charge < -0.3 is 10.4 Å². The first-order valence-electron chi connectivity index (χ1n) is 7.85. The number of fused-ring (bicyclic) bond motifs is 1. The molecule has 3 aromatic rings. The standard InChI is InChI=1S/C18H20N4O/c1-2-3-14(23)11-21-17-10-16(13-4-7-19-8-5-13)22-18-12-20-9-6-15(17)18/h4-10,12,14,23H,2-3,11H2,1H3,(H,21,22). The van der Waals surface area contributed by atoms with E-state index in [0.29, 0.717) is 6.54 Å². The van der Waals surface area contributed by atoms with Crippen molar-refractivity contribution in [3.63, 3.8) is 0 Å². The maximum absolute atomic E-state index is 9.97. The van der Waals surface area contributed by atoms with Crippen LogP contribution in [0.15, 0.2) is 49.1 Å². The van der Waals surface area contributed by atoms with Crippen molar-refractivity contribution in [1.82, 2.24) is 15.0 Å². The van der Waals surface area contributed by atoms with Crippen molar-refractivity contribution < 1.29 is 5.11 Å². The van der Waals surface area contributed by atoms with E-state index in [2.05, 4.69) is 27.2 Å². The molecule has 0 saturated carbocycles. The zero-order chi connectivity index (χ0) is 16.1. The Morgan fingerprint density at radius 3 is 2.70 bits per heavy atom. The van der Waals surface area contributed by atoms with Crippen LogP contribution < -0.4 is 5.32 Å². The number of rotatable bonds is 6. The van der Waals surface area contributed by atoms with Gasteiger partial charge in [0, 0.05) is 41.8 Å². The fraction of sp³-hybridized carbons (Fsp3) is 0.278. The van der Waals surface area contributed by atoms with E-state index in [1.54, 1.807) is 24.8 Å². The molecule has 0 aromatic carbocycles. The van der Waals surface area contributed by atoms with E-state index >= 15 is 0 Å². The lowest BCUT2D eigenvalue weighted by atomic mass is 10.1. The maximum Gasteiger partial charge on any atom is 0.0913 e. The zero-order valence-electron chi connectivity index (χ0n) is 13.1. The van der Waals surface area contributed by atoms with Gasteiger partial charge in [-0.2, -0.15) is 0 Å². The van der Waals surface area contributed by atoms with Gasteiger partial charge in [0.2, 0.25) is 0 Å². The average molecular weight is 308 g/mol. The van der Waals surface area contributed by atoms with Crippen molar-refractivity contribution in [3.05, 3.63) is 49.1 Å². The second-order valence-electron chi connectivity index (χ2n) is 5.51. The third-order valence-electron chi connectivity index (χ3n) is 3.74. The molecule has 0 amide bonds. The van der Waals surface area contributed by atoms with Crippen molar-refractivity contribution in [2.45, 2.75) is 25.9 Å². The smallest absolute Gasteiger partial charge is 0.0913 e. The van der Waals surface area contributed by atoms with Crippen LogP contribution in [0.4, 0.5) is 5.69 Å². The van der Waals surface area contributed by atoms with Crippen LogP contribution in [-0.4, -0.2) is 32.7 Å². The highest BCUT2D eigenvalue weighted by Crippen LogP contribution is 2.27. The Kier molecular flexibility index (Phi) is 4.78. The lowest BCUT2D eigenvalue weighted by Gasteiger charge is -2.15. The van der Waals surface area contributed by atoms with Gasteiger partial charge in [-0.15, -0.1) is 0 Å². The third kappa shape index (κ3) is 3.63. The molecule has 2 N–H and O–H groups in total. The minimum Gasteiger partial charge on any atom is -0.391 e. The molecule has 118 valence electrons. The summed E-state index contributed by atoms with van der Waals surface area (Å²) in [6.45, 7) is 2.59. The van der Waals surface area contributed by atoms with Crippen LogP contribution >= 0.6 is 0 Å². The predicted molar refractivity (Wildman–Crippen MR) is 92.2 cm³/mol. The van der Waals surface area contributed by atoms with Crippen molar-refractivity contribution >= 4 is 16.6 Å². The molecule has 3 heterocycles. The highest BCUT2D eigenvalue weighted by molar-refractivity contribution is 5.93. The van der Waals surface area contributed by atoms with E-state index in [1.807, 2.05) is 24.3 Å². The summed E-state index contributed by atoms with van der Waals surface area (Å²) in [5.41, 5.74) is 3.65. The van der Waals surface area contributed by atoms with Crippen LogP contribution in [0.1, 0.15) is 19.8 Å². The van der Waals surface area contributed by atoms with Crippen LogP contribution in [0.3, 0.4) is 0 Å². The number of aliphatic hydroxyl groups excluding tert-OH is 1. The molecule has 5 heteroatoms. The van der Waals surface area contributed by atoms with E-state index in [1.165, 1.54) is 0 Å². The normalized spacial score (nSPS) is 12.3. The molecule has 0 radical (unpaired) electrons. The molecule has 0 spiro atoms. The van der Waals surface area contributed by atoms with Crippen molar-refractivity contribution in [3.8, 4) is 11.3 Å². The maximum atomic E-state index is 9.97. The van der Waals surface area contributed by atoms with E-state index in [0.717, 1.165) is 40.7 Å². The van der Waals surface area contributed by atoms with Gasteiger partial charge in [0.15, 0.2) is 0 Å². The number of hydrogen-bond donors (Lipinski definition) is 2. The van der Waals surface area contributed by atoms with Crippen molar-refractivity contribution in [2.75, 3.05) is 11.9 Å². The summed E-state index contributed by atoms with van der Waals surface area (Å²) in [7, 11) is 0. The number of aliphatic hydroxyl groups is 1. The molecule has 1 atom stereocenters. The monoisotopic (exact) mass is 308 g/mol. The Morgan fingerprint density at radius 2 is 1.91 bits per heavy atom. The molecule has 23 heavy (non-hydrogen) atoms. The minimum absolute atomic E-state index is 0.352. The number of nitrogens with one attached hydrogen (secondary N) is 1. The molecule has 0 saturated heterocycles. The Hall–Kier alpha value is -2.53. The van der Waals surface area contributed by atoms with Gasteiger partial charge in [-0.1, -0.05) is 13.3 Å². The first-order valence-corrected chi connectivity index (χ1v) is 7.85. The summed E-state index contributed by atoms with van der Waals surface area (Å²) in [5.74, 6) is 0. The summed E-state index contributed by atoms with van der Waals surface area (Å²) in [4.78, 5) is 12.9. The lowest BCUT2D eigenvalue weighted by Crippen LogP contribution is -2.19. The van der Waals surface area contributed by atoms with Crippen LogP contribution in [0.5, 0.6) is 0 Å². The van der Waals surface area contributed by atoms with Crippen molar-refractivity contribution in [2.24, 2.45) is 0 Å². The summed E-state index contributed by atoms with van der Waals surface area (Å²) in [6, 6.07) is 7.81. The number of anilines is 1. The number of nitrogens with zero attached hydrogens (tertiary/aromatic N) is 3. The third-order valence-corrected chi connectivity index (χ3v) is 3.74. The first-order chi connectivity index (χ1) is 11.3. The van der Waals surface area contributed by atoms with E-state index in [-0.39, 0.29) is 6.10 Å². The first kappa shape index (κ1) is 15.4. The number of hydrogen-bond acceptors (Lipinski definition) is 5. The molecular formula is C18H20N4O. The van der Waals surface area contributed by atoms with E-state index < -0.39 is 0 Å². The van der Waals surface area contributed by atoms with Crippen LogP contribution in [0.25, 0.3) is 22.2 Å².